The second kappa shape index (κ2) is 12.4. The van der Waals surface area contributed by atoms with Crippen molar-refractivity contribution in [1.82, 2.24) is 14.8 Å². The molecule has 1 saturated heterocycles. The van der Waals surface area contributed by atoms with E-state index in [1.807, 2.05) is 35.8 Å². The van der Waals surface area contributed by atoms with Crippen LogP contribution in [0.2, 0.25) is 0 Å². The fourth-order valence-electron chi connectivity index (χ4n) is 6.18. The van der Waals surface area contributed by atoms with Crippen LogP contribution in [0.15, 0.2) is 41.2 Å². The number of anilines is 1. The fraction of sp³-hybridized carbons (Fsp3) is 0.433. The number of nitrogens with zero attached hydrogens (tertiary/aromatic N) is 2. The zero-order valence-electron chi connectivity index (χ0n) is 22.7. The Morgan fingerprint density at radius 3 is 2.75 bits per heavy atom. The molecule has 2 heterocycles. The molecule has 9 nitrogen and oxygen atoms in total. The largest absolute Gasteiger partial charge is 0.506 e. The monoisotopic (exact) mass is 564 g/mol. The number of carbonyl (C=O) groups is 2. The van der Waals surface area contributed by atoms with Crippen molar-refractivity contribution < 1.29 is 19.4 Å². The van der Waals surface area contributed by atoms with Crippen LogP contribution in [-0.2, 0) is 33.8 Å². The van der Waals surface area contributed by atoms with Gasteiger partial charge in [0.05, 0.1) is 15.9 Å². The van der Waals surface area contributed by atoms with Crippen molar-refractivity contribution in [3.05, 3.63) is 62.8 Å². The number of benzene rings is 2. The van der Waals surface area contributed by atoms with Crippen LogP contribution in [0.5, 0.6) is 5.75 Å². The van der Waals surface area contributed by atoms with Crippen LogP contribution in [0.1, 0.15) is 42.9 Å². The van der Waals surface area contributed by atoms with E-state index >= 15 is 0 Å². The molecule has 0 bridgehead atoms. The van der Waals surface area contributed by atoms with Gasteiger partial charge in [0.2, 0.25) is 6.41 Å². The maximum Gasteiger partial charge on any atom is 0.308 e. The van der Waals surface area contributed by atoms with Crippen LogP contribution in [0, 0.1) is 5.41 Å². The second-order valence-corrected chi connectivity index (χ2v) is 11.9. The zero-order chi connectivity index (χ0) is 28.1. The minimum absolute atomic E-state index is 0.0411. The highest BCUT2D eigenvalue weighted by atomic mass is 32.1. The first-order valence-corrected chi connectivity index (χ1v) is 14.6. The Hall–Kier alpha value is -3.47. The normalized spacial score (nSPS) is 16.7. The molecule has 3 aromatic rings. The molecule has 10 heteroatoms. The van der Waals surface area contributed by atoms with Gasteiger partial charge in [-0.25, -0.2) is 0 Å². The van der Waals surface area contributed by atoms with E-state index in [1.165, 1.54) is 11.3 Å². The summed E-state index contributed by atoms with van der Waals surface area (Å²) in [5.41, 5.74) is 4.70. The first kappa shape index (κ1) is 28.1. The number of ether oxygens (including phenoxy) is 1. The molecular weight excluding hydrogens is 528 g/mol. The number of amides is 1. The van der Waals surface area contributed by atoms with Crippen molar-refractivity contribution in [1.29, 1.82) is 0 Å². The average molecular weight is 565 g/mol. The van der Waals surface area contributed by atoms with Crippen LogP contribution in [0.4, 0.5) is 5.69 Å². The maximum absolute atomic E-state index is 12.7. The molecule has 1 aliphatic carbocycles. The van der Waals surface area contributed by atoms with Gasteiger partial charge in [-0.15, -0.1) is 0 Å². The van der Waals surface area contributed by atoms with Gasteiger partial charge >= 0.3 is 4.87 Å². The summed E-state index contributed by atoms with van der Waals surface area (Å²) in [6.07, 6.45) is 8.04. The number of fused-ring (bicyclic) bond motifs is 1. The smallest absolute Gasteiger partial charge is 0.308 e. The van der Waals surface area contributed by atoms with Gasteiger partial charge in [0.15, 0.2) is 0 Å². The minimum atomic E-state index is 0.0411. The predicted octanol–water partition coefficient (Wildman–Crippen LogP) is 3.73. The van der Waals surface area contributed by atoms with E-state index in [0.717, 1.165) is 72.2 Å². The molecule has 1 amide bonds. The maximum atomic E-state index is 12.7. The fourth-order valence-corrected chi connectivity index (χ4v) is 7.16. The Kier molecular flexibility index (Phi) is 8.68. The minimum Gasteiger partial charge on any atom is -0.506 e. The van der Waals surface area contributed by atoms with Gasteiger partial charge in [-0.3, -0.25) is 19.0 Å². The number of carbonyl (C=O) groups excluding carboxylic acids is 2. The zero-order valence-corrected chi connectivity index (χ0v) is 23.5. The molecule has 0 radical (unpaired) electrons. The summed E-state index contributed by atoms with van der Waals surface area (Å²) in [5, 5.41) is 16.2. The highest BCUT2D eigenvalue weighted by molar-refractivity contribution is 7.16. The van der Waals surface area contributed by atoms with E-state index in [2.05, 4.69) is 27.7 Å². The Morgan fingerprint density at radius 2 is 2.00 bits per heavy atom. The molecule has 2 aliphatic rings. The lowest BCUT2D eigenvalue weighted by Crippen LogP contribution is -2.64. The van der Waals surface area contributed by atoms with Gasteiger partial charge in [-0.2, -0.15) is 0 Å². The number of aromatic nitrogens is 1. The quantitative estimate of drug-likeness (QED) is 0.155. The van der Waals surface area contributed by atoms with E-state index in [9.17, 15) is 19.5 Å². The summed E-state index contributed by atoms with van der Waals surface area (Å²) in [5.74, 6) is 0.0411. The van der Waals surface area contributed by atoms with Gasteiger partial charge < -0.3 is 25.4 Å². The third-order valence-electron chi connectivity index (χ3n) is 8.03. The molecule has 1 spiro atoms. The molecule has 212 valence electrons. The molecule has 3 N–H and O–H groups in total. The Bertz CT molecular complexity index is 1450. The summed E-state index contributed by atoms with van der Waals surface area (Å²) in [4.78, 5) is 36.7. The van der Waals surface area contributed by atoms with Gasteiger partial charge in [0.1, 0.15) is 11.9 Å². The van der Waals surface area contributed by atoms with Crippen molar-refractivity contribution in [2.45, 2.75) is 51.8 Å². The first-order chi connectivity index (χ1) is 19.4. The summed E-state index contributed by atoms with van der Waals surface area (Å²) >= 11 is 1.30. The molecule has 2 fully saturated rings. The van der Waals surface area contributed by atoms with Gasteiger partial charge in [0, 0.05) is 37.2 Å². The summed E-state index contributed by atoms with van der Waals surface area (Å²) < 4.78 is 7.94. The topological polar surface area (TPSA) is 113 Å². The van der Waals surface area contributed by atoms with Crippen LogP contribution in [0.25, 0.3) is 16.3 Å². The number of likely N-dealkylation sites (tertiary alicyclic amines) is 1. The Morgan fingerprint density at radius 1 is 1.18 bits per heavy atom. The second-order valence-electron chi connectivity index (χ2n) is 10.9. The summed E-state index contributed by atoms with van der Waals surface area (Å²) in [6, 6.07) is 9.69. The van der Waals surface area contributed by atoms with Crippen LogP contribution < -0.4 is 15.5 Å². The number of allylic oxidation sites excluding steroid dienone is 1. The molecule has 2 aromatic carbocycles. The molecule has 0 atom stereocenters. The Labute approximate surface area is 237 Å². The molecule has 1 aromatic heterocycles. The van der Waals surface area contributed by atoms with Gasteiger partial charge in [-0.1, -0.05) is 35.6 Å². The third-order valence-corrected chi connectivity index (χ3v) is 8.97. The first-order valence-electron chi connectivity index (χ1n) is 13.8. The summed E-state index contributed by atoms with van der Waals surface area (Å²) in [6.45, 7) is 7.64. The van der Waals surface area contributed by atoms with E-state index in [-0.39, 0.29) is 16.7 Å². The van der Waals surface area contributed by atoms with E-state index in [0.29, 0.717) is 43.6 Å². The number of phenolic OH excluding ortho intramolecular Hbond substituents is 1. The standard InChI is InChI=1S/C30H36N4O5S/c1-2-4-24-22(6-8-26(37)28(24)32-19-35)9-10-31-16-21-5-7-25-27(13-21)40-29(38)34(25)12-3-11-33-17-30(18-33)14-23(15-30)39-20-36/h2,4-8,13,19-20,23,31,37H,3,9-12,14-18H2,1H3,(H,32,35)/b4-2-. The number of aromatic hydroxyl groups is 1. The molecule has 40 heavy (non-hydrogen) atoms. The van der Waals surface area contributed by atoms with Crippen molar-refractivity contribution in [2.24, 2.45) is 5.41 Å². The number of hydrogen-bond acceptors (Lipinski definition) is 8. The number of aryl methyl sites for hydroxylation is 1. The lowest BCUT2D eigenvalue weighted by molar-refractivity contribution is -0.164. The van der Waals surface area contributed by atoms with Crippen molar-refractivity contribution in [3.8, 4) is 5.75 Å². The lowest BCUT2D eigenvalue weighted by atomic mass is 9.62. The number of hydrogen-bond donors (Lipinski definition) is 3. The predicted molar refractivity (Wildman–Crippen MR) is 158 cm³/mol. The third kappa shape index (κ3) is 5.99. The SMILES string of the molecule is C/C=C\c1c(CCNCc2ccc3c(c2)sc(=O)n3CCCN2CC3(CC(OC=O)C3)C2)ccc(O)c1NC=O. The van der Waals surface area contributed by atoms with Crippen LogP contribution in [0.3, 0.4) is 0 Å². The van der Waals surface area contributed by atoms with Gasteiger partial charge in [-0.05, 0) is 75.0 Å². The van der Waals surface area contributed by atoms with E-state index < -0.39 is 0 Å². The molecule has 0 unspecified atom stereocenters. The number of phenols is 1. The highest BCUT2D eigenvalue weighted by Gasteiger charge is 2.52. The van der Waals surface area contributed by atoms with Gasteiger partial charge in [0.25, 0.3) is 6.47 Å². The van der Waals surface area contributed by atoms with Crippen molar-refractivity contribution in [2.75, 3.05) is 31.5 Å². The highest BCUT2D eigenvalue weighted by Crippen LogP contribution is 2.49. The lowest BCUT2D eigenvalue weighted by Gasteiger charge is -2.58. The van der Waals surface area contributed by atoms with Crippen LogP contribution in [-0.4, -0.2) is 59.7 Å². The molecule has 1 aliphatic heterocycles. The average Bonchev–Trinajstić information content (AvgIpc) is 3.21. The van der Waals surface area contributed by atoms with Crippen molar-refractivity contribution in [3.63, 3.8) is 0 Å². The van der Waals surface area contributed by atoms with Crippen molar-refractivity contribution >= 4 is 46.2 Å². The number of rotatable bonds is 14. The molecule has 5 rings (SSSR count). The van der Waals surface area contributed by atoms with E-state index in [1.54, 1.807) is 6.07 Å². The number of nitrogens with one attached hydrogen (secondary N) is 2. The molecular formula is C30H36N4O5S. The van der Waals surface area contributed by atoms with E-state index in [4.69, 9.17) is 4.74 Å². The van der Waals surface area contributed by atoms with Crippen LogP contribution >= 0.6 is 11.3 Å². The molecule has 1 saturated carbocycles. The summed E-state index contributed by atoms with van der Waals surface area (Å²) in [7, 11) is 0. The Balaban J connectivity index is 1.11. The number of thiazole rings is 1.